The van der Waals surface area contributed by atoms with Gasteiger partial charge in [0.15, 0.2) is 0 Å². The molecule has 0 saturated heterocycles. The molecular weight excluding hydrogens is 326 g/mol. The predicted molar refractivity (Wildman–Crippen MR) is 91.4 cm³/mol. The van der Waals surface area contributed by atoms with E-state index in [1.165, 1.54) is 13.2 Å². The second-order valence-electron chi connectivity index (χ2n) is 4.99. The number of hydrogen-bond acceptors (Lipinski definition) is 5. The number of ether oxygens (including phenoxy) is 1. The Morgan fingerprint density at radius 3 is 2.84 bits per heavy atom. The van der Waals surface area contributed by atoms with E-state index in [0.29, 0.717) is 11.6 Å². The Kier molecular flexibility index (Phi) is 6.05. The van der Waals surface area contributed by atoms with E-state index in [9.17, 15) is 14.4 Å². The van der Waals surface area contributed by atoms with Gasteiger partial charge in [0, 0.05) is 13.2 Å². The highest BCUT2D eigenvalue weighted by atomic mass is 16.5. The van der Waals surface area contributed by atoms with Crippen molar-refractivity contribution in [1.29, 1.82) is 0 Å². The van der Waals surface area contributed by atoms with Gasteiger partial charge in [-0.3, -0.25) is 14.4 Å². The molecule has 1 aromatic heterocycles. The Bertz CT molecular complexity index is 857. The molecular formula is C17H17N3O5. The average molecular weight is 343 g/mol. The fourth-order valence-corrected chi connectivity index (χ4v) is 1.93. The van der Waals surface area contributed by atoms with Gasteiger partial charge in [0.2, 0.25) is 0 Å². The predicted octanol–water partition coefficient (Wildman–Crippen LogP) is 1.15. The zero-order valence-corrected chi connectivity index (χ0v) is 13.5. The van der Waals surface area contributed by atoms with Crippen molar-refractivity contribution in [2.45, 2.75) is 6.42 Å². The normalized spacial score (nSPS) is 10.6. The SMILES string of the molecule is CNC(=O)c1cnc(C=Cc2cccc(OCCC(=O)O)c2)[nH]c1=O. The number of hydrogen-bond donors (Lipinski definition) is 3. The number of aliphatic carboxylic acids is 1. The van der Waals surface area contributed by atoms with Gasteiger partial charge < -0.3 is 20.1 Å². The smallest absolute Gasteiger partial charge is 0.306 e. The summed E-state index contributed by atoms with van der Waals surface area (Å²) in [6.45, 7) is 0.0817. The van der Waals surface area contributed by atoms with Crippen LogP contribution in [0.1, 0.15) is 28.2 Å². The van der Waals surface area contributed by atoms with Crippen molar-refractivity contribution >= 4 is 24.0 Å². The topological polar surface area (TPSA) is 121 Å². The highest BCUT2D eigenvalue weighted by Gasteiger charge is 2.08. The molecule has 3 N–H and O–H groups in total. The summed E-state index contributed by atoms with van der Waals surface area (Å²) < 4.78 is 5.35. The molecule has 8 nitrogen and oxygen atoms in total. The van der Waals surface area contributed by atoms with E-state index in [4.69, 9.17) is 9.84 Å². The third-order valence-corrected chi connectivity index (χ3v) is 3.17. The number of nitrogens with one attached hydrogen (secondary N) is 2. The van der Waals surface area contributed by atoms with E-state index in [-0.39, 0.29) is 18.6 Å². The number of nitrogens with zero attached hydrogens (tertiary/aromatic N) is 1. The minimum Gasteiger partial charge on any atom is -0.493 e. The van der Waals surface area contributed by atoms with Crippen LogP contribution in [0.2, 0.25) is 0 Å². The number of carbonyl (C=O) groups is 2. The largest absolute Gasteiger partial charge is 0.493 e. The lowest BCUT2D eigenvalue weighted by atomic mass is 10.2. The van der Waals surface area contributed by atoms with Crippen molar-refractivity contribution in [1.82, 2.24) is 15.3 Å². The minimum absolute atomic E-state index is 0.0616. The second kappa shape index (κ2) is 8.44. The molecule has 0 unspecified atom stereocenters. The van der Waals surface area contributed by atoms with Crippen molar-refractivity contribution in [3.8, 4) is 5.75 Å². The summed E-state index contributed by atoms with van der Waals surface area (Å²) in [6.07, 6.45) is 4.43. The first-order valence-electron chi connectivity index (χ1n) is 7.43. The number of benzene rings is 1. The quantitative estimate of drug-likeness (QED) is 0.693. The summed E-state index contributed by atoms with van der Waals surface area (Å²) >= 11 is 0. The molecule has 0 aliphatic heterocycles. The second-order valence-corrected chi connectivity index (χ2v) is 4.99. The van der Waals surface area contributed by atoms with Crippen LogP contribution in [0.3, 0.4) is 0 Å². The Hall–Kier alpha value is -3.42. The van der Waals surface area contributed by atoms with Crippen LogP contribution in [0, 0.1) is 0 Å². The Balaban J connectivity index is 2.09. The zero-order chi connectivity index (χ0) is 18.2. The molecule has 1 amide bonds. The number of carbonyl (C=O) groups excluding carboxylic acids is 1. The van der Waals surface area contributed by atoms with E-state index in [2.05, 4.69) is 15.3 Å². The number of amides is 1. The van der Waals surface area contributed by atoms with Crippen LogP contribution >= 0.6 is 0 Å². The molecule has 0 fully saturated rings. The summed E-state index contributed by atoms with van der Waals surface area (Å²) in [5.74, 6) is -0.587. The maximum Gasteiger partial charge on any atom is 0.306 e. The van der Waals surface area contributed by atoms with Gasteiger partial charge in [-0.15, -0.1) is 0 Å². The standard InChI is InChI=1S/C17H17N3O5/c1-18-16(23)13-10-19-14(20-17(13)24)6-5-11-3-2-4-12(9-11)25-8-7-15(21)22/h2-6,9-10H,7-8H2,1H3,(H,18,23)(H,21,22)(H,19,20,24). The molecule has 8 heteroatoms. The van der Waals surface area contributed by atoms with Crippen LogP contribution in [0.25, 0.3) is 12.2 Å². The minimum atomic E-state index is -0.925. The van der Waals surface area contributed by atoms with Crippen molar-refractivity contribution in [2.75, 3.05) is 13.7 Å². The van der Waals surface area contributed by atoms with Gasteiger partial charge >= 0.3 is 5.97 Å². The molecule has 0 atom stereocenters. The van der Waals surface area contributed by atoms with Crippen LogP contribution in [0.5, 0.6) is 5.75 Å². The van der Waals surface area contributed by atoms with Crippen molar-refractivity contribution in [2.24, 2.45) is 0 Å². The summed E-state index contributed by atoms with van der Waals surface area (Å²) in [5, 5.41) is 11.0. The van der Waals surface area contributed by atoms with Gasteiger partial charge in [0.25, 0.3) is 11.5 Å². The molecule has 2 rings (SSSR count). The van der Waals surface area contributed by atoms with Crippen LogP contribution < -0.4 is 15.6 Å². The monoisotopic (exact) mass is 343 g/mol. The Morgan fingerprint density at radius 2 is 2.16 bits per heavy atom. The van der Waals surface area contributed by atoms with Gasteiger partial charge in [-0.05, 0) is 23.8 Å². The number of aromatic amines is 1. The lowest BCUT2D eigenvalue weighted by molar-refractivity contribution is -0.137. The lowest BCUT2D eigenvalue weighted by Crippen LogP contribution is -2.27. The van der Waals surface area contributed by atoms with E-state index >= 15 is 0 Å². The first kappa shape index (κ1) is 17.9. The summed E-state index contributed by atoms with van der Waals surface area (Å²) in [6, 6.07) is 7.03. The number of carboxylic acids is 1. The highest BCUT2D eigenvalue weighted by molar-refractivity contribution is 5.93. The van der Waals surface area contributed by atoms with E-state index < -0.39 is 17.4 Å². The average Bonchev–Trinajstić information content (AvgIpc) is 2.59. The first-order valence-corrected chi connectivity index (χ1v) is 7.43. The third-order valence-electron chi connectivity index (χ3n) is 3.17. The van der Waals surface area contributed by atoms with Crippen LogP contribution in [0.15, 0.2) is 35.3 Å². The van der Waals surface area contributed by atoms with Crippen LogP contribution in [0.4, 0.5) is 0 Å². The summed E-state index contributed by atoms with van der Waals surface area (Å²) in [5.41, 5.74) is 0.194. The van der Waals surface area contributed by atoms with Crippen LogP contribution in [-0.2, 0) is 4.79 Å². The van der Waals surface area contributed by atoms with Crippen molar-refractivity contribution in [3.63, 3.8) is 0 Å². The van der Waals surface area contributed by atoms with E-state index in [0.717, 1.165) is 5.56 Å². The highest BCUT2D eigenvalue weighted by Crippen LogP contribution is 2.15. The number of aromatic nitrogens is 2. The van der Waals surface area contributed by atoms with E-state index in [1.54, 1.807) is 30.4 Å². The van der Waals surface area contributed by atoms with Crippen LogP contribution in [-0.4, -0.2) is 40.6 Å². The number of H-pyrrole nitrogens is 1. The molecule has 0 radical (unpaired) electrons. The zero-order valence-electron chi connectivity index (χ0n) is 13.5. The maximum absolute atomic E-state index is 11.8. The first-order chi connectivity index (χ1) is 12.0. The third kappa shape index (κ3) is 5.31. The summed E-state index contributed by atoms with van der Waals surface area (Å²) in [4.78, 5) is 40.3. The van der Waals surface area contributed by atoms with Crippen molar-refractivity contribution in [3.05, 3.63) is 57.8 Å². The van der Waals surface area contributed by atoms with Gasteiger partial charge in [-0.1, -0.05) is 18.2 Å². The van der Waals surface area contributed by atoms with Gasteiger partial charge in [-0.2, -0.15) is 0 Å². The molecule has 0 spiro atoms. The molecule has 1 heterocycles. The molecule has 0 aliphatic rings. The number of rotatable bonds is 7. The van der Waals surface area contributed by atoms with E-state index in [1.807, 2.05) is 6.07 Å². The Morgan fingerprint density at radius 1 is 1.36 bits per heavy atom. The Labute approximate surface area is 143 Å². The molecule has 130 valence electrons. The molecule has 2 aromatic rings. The van der Waals surface area contributed by atoms with Gasteiger partial charge in [0.05, 0.1) is 13.0 Å². The fraction of sp³-hybridized carbons (Fsp3) is 0.176. The molecule has 0 saturated carbocycles. The molecule has 1 aromatic carbocycles. The lowest BCUT2D eigenvalue weighted by Gasteiger charge is -2.05. The van der Waals surface area contributed by atoms with Gasteiger partial charge in [0.1, 0.15) is 17.1 Å². The fourth-order valence-electron chi connectivity index (χ4n) is 1.93. The molecule has 0 aliphatic carbocycles. The van der Waals surface area contributed by atoms with Crippen molar-refractivity contribution < 1.29 is 19.4 Å². The summed E-state index contributed by atoms with van der Waals surface area (Å²) in [7, 11) is 1.43. The number of carboxylic acid groups (broad SMARTS) is 1. The van der Waals surface area contributed by atoms with Gasteiger partial charge in [-0.25, -0.2) is 4.98 Å². The maximum atomic E-state index is 11.8. The molecule has 25 heavy (non-hydrogen) atoms. The molecule has 0 bridgehead atoms.